The molecule has 4 saturated carbocycles. The number of hydrogen-bond donors (Lipinski definition) is 2. The number of aliphatic hydroxyl groups excluding tert-OH is 1. The van der Waals surface area contributed by atoms with E-state index in [-0.39, 0.29) is 11.5 Å². The Kier molecular flexibility index (Phi) is 3.25. The van der Waals surface area contributed by atoms with E-state index in [1.54, 1.807) is 0 Å². The average Bonchev–Trinajstić information content (AvgIpc) is 2.76. The third-order valence-corrected chi connectivity index (χ3v) is 8.66. The summed E-state index contributed by atoms with van der Waals surface area (Å²) >= 11 is 0. The summed E-state index contributed by atoms with van der Waals surface area (Å²) in [7, 11) is 0. The van der Waals surface area contributed by atoms with Crippen LogP contribution in [-0.2, 0) is 0 Å². The highest BCUT2D eigenvalue weighted by atomic mass is 16.3. The summed E-state index contributed by atoms with van der Waals surface area (Å²) in [6, 6.07) is 0.460. The predicted molar refractivity (Wildman–Crippen MR) is 85.7 cm³/mol. The van der Waals surface area contributed by atoms with Crippen LogP contribution >= 0.6 is 0 Å². The summed E-state index contributed by atoms with van der Waals surface area (Å²) in [4.78, 5) is 0. The molecule has 21 heavy (non-hydrogen) atoms. The Labute approximate surface area is 129 Å². The molecule has 0 bridgehead atoms. The lowest BCUT2D eigenvalue weighted by Gasteiger charge is -2.60. The highest BCUT2D eigenvalue weighted by molar-refractivity contribution is 5.09. The Morgan fingerprint density at radius 1 is 0.857 bits per heavy atom. The van der Waals surface area contributed by atoms with Crippen molar-refractivity contribution in [2.45, 2.75) is 83.8 Å². The van der Waals surface area contributed by atoms with Crippen LogP contribution in [0.25, 0.3) is 0 Å². The van der Waals surface area contributed by atoms with E-state index in [0.717, 1.165) is 30.1 Å². The van der Waals surface area contributed by atoms with Gasteiger partial charge in [-0.15, -0.1) is 0 Å². The van der Waals surface area contributed by atoms with Crippen molar-refractivity contribution < 1.29 is 5.11 Å². The van der Waals surface area contributed by atoms with Gasteiger partial charge in [-0.3, -0.25) is 0 Å². The lowest BCUT2D eigenvalue weighted by molar-refractivity contribution is -0.122. The highest BCUT2D eigenvalue weighted by Gasteiger charge is 2.59. The molecule has 0 heterocycles. The van der Waals surface area contributed by atoms with Gasteiger partial charge in [-0.05, 0) is 92.3 Å². The summed E-state index contributed by atoms with van der Waals surface area (Å²) in [6.45, 7) is 4.98. The molecule has 4 aliphatic carbocycles. The average molecular weight is 291 g/mol. The fourth-order valence-electron chi connectivity index (χ4n) is 7.26. The molecule has 2 heteroatoms. The molecular weight excluding hydrogens is 258 g/mol. The maximum Gasteiger partial charge on any atom is 0.0596 e. The van der Waals surface area contributed by atoms with Crippen LogP contribution in [0, 0.1) is 34.5 Å². The van der Waals surface area contributed by atoms with E-state index in [1.165, 1.54) is 51.4 Å². The molecular formula is C19H33NO. The number of rotatable bonds is 0. The summed E-state index contributed by atoms with van der Waals surface area (Å²) in [5, 5.41) is 10.5. The largest absolute Gasteiger partial charge is 0.393 e. The first-order valence-corrected chi connectivity index (χ1v) is 9.39. The zero-order valence-corrected chi connectivity index (χ0v) is 13.9. The zero-order valence-electron chi connectivity index (χ0n) is 13.9. The van der Waals surface area contributed by atoms with Crippen LogP contribution in [0.2, 0.25) is 0 Å². The molecule has 0 aromatic rings. The number of fused-ring (bicyclic) bond motifs is 5. The molecule has 8 atom stereocenters. The first kappa shape index (κ1) is 14.5. The van der Waals surface area contributed by atoms with Crippen LogP contribution in [0.15, 0.2) is 0 Å². The van der Waals surface area contributed by atoms with Crippen LogP contribution in [0.3, 0.4) is 0 Å². The Hall–Kier alpha value is -0.0800. The van der Waals surface area contributed by atoms with Crippen LogP contribution in [0.5, 0.6) is 0 Å². The molecule has 0 saturated heterocycles. The minimum absolute atomic E-state index is 0.0336. The molecule has 4 rings (SSSR count). The third kappa shape index (κ3) is 1.91. The summed E-state index contributed by atoms with van der Waals surface area (Å²) < 4.78 is 0. The van der Waals surface area contributed by atoms with Crippen LogP contribution in [0.4, 0.5) is 0 Å². The van der Waals surface area contributed by atoms with Crippen molar-refractivity contribution in [2.75, 3.05) is 0 Å². The first-order valence-electron chi connectivity index (χ1n) is 9.39. The van der Waals surface area contributed by atoms with Gasteiger partial charge in [-0.25, -0.2) is 0 Å². The van der Waals surface area contributed by atoms with Gasteiger partial charge in [0.1, 0.15) is 0 Å². The van der Waals surface area contributed by atoms with E-state index in [9.17, 15) is 5.11 Å². The van der Waals surface area contributed by atoms with Crippen molar-refractivity contribution in [1.82, 2.24) is 0 Å². The topological polar surface area (TPSA) is 46.2 Å². The quantitative estimate of drug-likeness (QED) is 0.714. The Morgan fingerprint density at radius 3 is 2.38 bits per heavy atom. The SMILES string of the molecule is CC12CCC3C(CC[C@@H]4CC(N)CCC34C)C1CCC2O. The maximum atomic E-state index is 10.5. The minimum Gasteiger partial charge on any atom is -0.393 e. The first-order chi connectivity index (χ1) is 9.95. The maximum absolute atomic E-state index is 10.5. The van der Waals surface area contributed by atoms with Crippen LogP contribution in [-0.4, -0.2) is 17.3 Å². The van der Waals surface area contributed by atoms with Gasteiger partial charge >= 0.3 is 0 Å². The second-order valence-corrected chi connectivity index (χ2v) is 9.33. The molecule has 0 aromatic carbocycles. The van der Waals surface area contributed by atoms with Crippen molar-refractivity contribution in [2.24, 2.45) is 40.2 Å². The zero-order chi connectivity index (χ0) is 14.8. The van der Waals surface area contributed by atoms with Gasteiger partial charge < -0.3 is 10.8 Å². The summed E-state index contributed by atoms with van der Waals surface area (Å²) in [5.74, 6) is 3.46. The number of nitrogens with two attached hydrogens (primary N) is 1. The molecule has 2 nitrogen and oxygen atoms in total. The van der Waals surface area contributed by atoms with Crippen molar-refractivity contribution in [3.8, 4) is 0 Å². The van der Waals surface area contributed by atoms with Gasteiger partial charge in [-0.2, -0.15) is 0 Å². The molecule has 0 aliphatic heterocycles. The van der Waals surface area contributed by atoms with Crippen LogP contribution in [0.1, 0.15) is 71.6 Å². The molecule has 4 aliphatic rings. The molecule has 0 spiro atoms. The van der Waals surface area contributed by atoms with E-state index in [0.29, 0.717) is 11.5 Å². The van der Waals surface area contributed by atoms with Crippen LogP contribution < -0.4 is 5.73 Å². The summed E-state index contributed by atoms with van der Waals surface area (Å²) in [6.07, 6.45) is 11.6. The lowest BCUT2D eigenvalue weighted by atomic mass is 9.45. The van der Waals surface area contributed by atoms with E-state index >= 15 is 0 Å². The molecule has 120 valence electrons. The fourth-order valence-corrected chi connectivity index (χ4v) is 7.26. The van der Waals surface area contributed by atoms with E-state index in [2.05, 4.69) is 13.8 Å². The van der Waals surface area contributed by atoms with Gasteiger partial charge in [0.05, 0.1) is 6.10 Å². The Bertz CT molecular complexity index is 424. The van der Waals surface area contributed by atoms with Gasteiger partial charge in [0, 0.05) is 6.04 Å². The predicted octanol–water partition coefficient (Wildman–Crippen LogP) is 3.72. The smallest absolute Gasteiger partial charge is 0.0596 e. The standard InChI is InChI=1S/C19H33NO/c1-18-9-7-13(20)11-12(18)3-4-14-15-5-6-17(21)19(15,2)10-8-16(14)18/h12-17,21H,3-11,20H2,1-2H3/t12-,13?,14?,15?,16?,17?,18?,19?/m1/s1. The molecule has 0 amide bonds. The molecule has 0 radical (unpaired) electrons. The number of hydrogen-bond acceptors (Lipinski definition) is 2. The van der Waals surface area contributed by atoms with E-state index in [4.69, 9.17) is 5.73 Å². The van der Waals surface area contributed by atoms with Gasteiger partial charge in [0.2, 0.25) is 0 Å². The van der Waals surface area contributed by atoms with Crippen molar-refractivity contribution in [3.05, 3.63) is 0 Å². The van der Waals surface area contributed by atoms with Crippen molar-refractivity contribution in [3.63, 3.8) is 0 Å². The van der Waals surface area contributed by atoms with Gasteiger partial charge in [0.15, 0.2) is 0 Å². The normalized spacial score (nSPS) is 60.0. The minimum atomic E-state index is -0.0336. The van der Waals surface area contributed by atoms with E-state index < -0.39 is 0 Å². The summed E-state index contributed by atoms with van der Waals surface area (Å²) in [5.41, 5.74) is 7.04. The van der Waals surface area contributed by atoms with Gasteiger partial charge in [-0.1, -0.05) is 13.8 Å². The fraction of sp³-hybridized carbons (Fsp3) is 1.00. The molecule has 3 N–H and O–H groups in total. The number of aliphatic hydroxyl groups is 1. The van der Waals surface area contributed by atoms with Gasteiger partial charge in [0.25, 0.3) is 0 Å². The monoisotopic (exact) mass is 291 g/mol. The van der Waals surface area contributed by atoms with E-state index in [1.807, 2.05) is 0 Å². The lowest BCUT2D eigenvalue weighted by Crippen LogP contribution is -2.55. The molecule has 7 unspecified atom stereocenters. The molecule has 0 aromatic heterocycles. The van der Waals surface area contributed by atoms with Crippen molar-refractivity contribution in [1.29, 1.82) is 0 Å². The third-order valence-electron chi connectivity index (χ3n) is 8.66. The Morgan fingerprint density at radius 2 is 1.57 bits per heavy atom. The second-order valence-electron chi connectivity index (χ2n) is 9.33. The highest BCUT2D eigenvalue weighted by Crippen LogP contribution is 2.66. The Balaban J connectivity index is 1.62. The van der Waals surface area contributed by atoms with Crippen molar-refractivity contribution >= 4 is 0 Å². The molecule has 4 fully saturated rings. The second kappa shape index (κ2) is 4.71.